The zero-order valence-electron chi connectivity index (χ0n) is 49.5. The number of amides is 12. The van der Waals surface area contributed by atoms with Crippen LogP contribution in [0.4, 0.5) is 0 Å². The summed E-state index contributed by atoms with van der Waals surface area (Å²) in [6.45, 7) is 10.6. The van der Waals surface area contributed by atoms with E-state index in [1.54, 1.807) is 60.7 Å². The molecule has 0 spiro atoms. The Morgan fingerprint density at radius 2 is 1.30 bits per heavy atom. The number of hydrogen-bond donors (Lipinski definition) is 11. The molecule has 2 aromatic rings. The summed E-state index contributed by atoms with van der Waals surface area (Å²) in [6.07, 6.45) is -0.318. The first kappa shape index (κ1) is 68.2. The number of carbonyl (C=O) groups excluding carboxylic acids is 13. The Morgan fingerprint density at radius 3 is 1.87 bits per heavy atom. The highest BCUT2D eigenvalue weighted by atomic mass is 16.3. The number of Topliss-reactive ketones (excluding diaryl/α,β-unsaturated/α-hetero) is 1. The Bertz CT molecular complexity index is 2730. The summed E-state index contributed by atoms with van der Waals surface area (Å²) in [7, 11) is 2.50. The molecule has 12 N–H and O–H groups in total. The van der Waals surface area contributed by atoms with E-state index in [1.807, 2.05) is 27.7 Å². The molecule has 1 saturated carbocycles. The Kier molecular flexibility index (Phi) is 25.5. The maximum atomic E-state index is 14.7. The predicted octanol–water partition coefficient (Wildman–Crippen LogP) is -2.23. The van der Waals surface area contributed by atoms with Crippen molar-refractivity contribution in [2.75, 3.05) is 33.8 Å². The quantitative estimate of drug-likeness (QED) is 0.0900. The molecule has 1 heterocycles. The van der Waals surface area contributed by atoms with Crippen LogP contribution in [0.15, 0.2) is 60.7 Å². The van der Waals surface area contributed by atoms with Crippen LogP contribution in [-0.4, -0.2) is 180 Å². The monoisotopic (exact) mass is 1170 g/mol. The van der Waals surface area contributed by atoms with Gasteiger partial charge >= 0.3 is 0 Å². The van der Waals surface area contributed by atoms with Gasteiger partial charge in [0.1, 0.15) is 48.3 Å². The minimum Gasteiger partial charge on any atom is -0.394 e. The van der Waals surface area contributed by atoms with Crippen molar-refractivity contribution in [1.29, 1.82) is 0 Å². The molecule has 12 amide bonds. The van der Waals surface area contributed by atoms with Crippen LogP contribution in [0.25, 0.3) is 0 Å². The lowest BCUT2D eigenvalue weighted by atomic mass is 9.86. The van der Waals surface area contributed by atoms with Crippen molar-refractivity contribution in [1.82, 2.24) is 57.7 Å². The van der Waals surface area contributed by atoms with E-state index in [-0.39, 0.29) is 55.6 Å². The number of benzene rings is 2. The lowest BCUT2D eigenvalue weighted by Gasteiger charge is -2.31. The molecule has 2 aromatic carbocycles. The number of fused-ring (bicyclic) bond motifs is 1. The molecule has 0 radical (unpaired) electrons. The summed E-state index contributed by atoms with van der Waals surface area (Å²) in [5.41, 5.74) is 5.28. The van der Waals surface area contributed by atoms with Gasteiger partial charge in [-0.25, -0.2) is 0 Å². The van der Waals surface area contributed by atoms with Gasteiger partial charge in [-0.3, -0.25) is 62.3 Å². The first-order chi connectivity index (χ1) is 39.5. The molecule has 26 heteroatoms. The van der Waals surface area contributed by atoms with E-state index in [0.29, 0.717) is 17.5 Å². The predicted molar refractivity (Wildman–Crippen MR) is 306 cm³/mol. The number of nitrogens with zero attached hydrogens (tertiary/aromatic N) is 2. The molecule has 1 aliphatic heterocycles. The Labute approximate surface area is 489 Å². The maximum absolute atomic E-state index is 14.7. The van der Waals surface area contributed by atoms with Crippen molar-refractivity contribution in [3.63, 3.8) is 0 Å². The van der Waals surface area contributed by atoms with E-state index in [1.165, 1.54) is 41.8 Å². The molecule has 460 valence electrons. The molecule has 84 heavy (non-hydrogen) atoms. The summed E-state index contributed by atoms with van der Waals surface area (Å²) in [5.74, 6) is -11.2. The normalized spacial score (nSPS) is 25.6. The second kappa shape index (κ2) is 31.4. The molecule has 0 aromatic heterocycles. The number of nitrogens with two attached hydrogens (primary N) is 1. The van der Waals surface area contributed by atoms with Gasteiger partial charge < -0.3 is 68.5 Å². The average molecular weight is 1170 g/mol. The molecule has 26 nitrogen and oxygen atoms in total. The standard InChI is InChI=1S/C58H84N12O14/c1-31(2)23-40-52(79)63-33(5)45(72)22-21-39-27-58(39,32(3)4)57(84)68-41(24-37-17-13-11-14-18-37)53(80)66-42(56(83)69(9)36(8)50(77)67-43(30-71)51(78)60-28-46(59)73)26-47(74)62-34(6)49(76)64-35(7)55(82)70(10)44(25-38-19-15-12-16-20-38)54(81)61-29-48(75)65-40/h11-20,31-36,39-44,71H,21-30H2,1-10H3,(H2,59,73)(H,60,78)(H,61,81)(H,62,74)(H,63,79)(H,64,76)(H,65,75)(H,66,80)(H,67,77)(H,68,84)/t33-,34-,35-,36-,39-,40-,41-,42-,43-,44-,58-/m0/s1. The lowest BCUT2D eigenvalue weighted by molar-refractivity contribution is -0.144. The van der Waals surface area contributed by atoms with Crippen LogP contribution in [0, 0.1) is 23.2 Å². The molecule has 0 unspecified atom stereocenters. The average Bonchev–Trinajstić information content (AvgIpc) is 1.90. The van der Waals surface area contributed by atoms with E-state index in [2.05, 4.69) is 47.9 Å². The van der Waals surface area contributed by atoms with Gasteiger partial charge in [0.2, 0.25) is 70.9 Å². The molecule has 1 saturated heterocycles. The van der Waals surface area contributed by atoms with Crippen molar-refractivity contribution in [2.24, 2.45) is 28.9 Å². The second-order valence-corrected chi connectivity index (χ2v) is 22.5. The highest BCUT2D eigenvalue weighted by Crippen LogP contribution is 2.60. The van der Waals surface area contributed by atoms with Gasteiger partial charge in [-0.15, -0.1) is 0 Å². The molecular weight excluding hydrogens is 1090 g/mol. The lowest BCUT2D eigenvalue weighted by Crippen LogP contribution is -2.60. The number of carbonyl (C=O) groups is 13. The Balaban J connectivity index is 1.74. The number of aliphatic hydroxyl groups is 1. The summed E-state index contributed by atoms with van der Waals surface area (Å²) in [4.78, 5) is 180. The molecule has 1 aliphatic carbocycles. The maximum Gasteiger partial charge on any atom is 0.246 e. The van der Waals surface area contributed by atoms with Gasteiger partial charge in [0.05, 0.1) is 37.6 Å². The zero-order valence-corrected chi connectivity index (χ0v) is 49.5. The van der Waals surface area contributed by atoms with Crippen LogP contribution >= 0.6 is 0 Å². The van der Waals surface area contributed by atoms with E-state index < -0.39 is 157 Å². The first-order valence-electron chi connectivity index (χ1n) is 28.2. The van der Waals surface area contributed by atoms with Crippen LogP contribution < -0.4 is 53.6 Å². The van der Waals surface area contributed by atoms with Gasteiger partial charge in [0.25, 0.3) is 0 Å². The highest BCUT2D eigenvalue weighted by Gasteiger charge is 2.61. The highest BCUT2D eigenvalue weighted by molar-refractivity contribution is 6.00. The third-order valence-corrected chi connectivity index (χ3v) is 15.3. The largest absolute Gasteiger partial charge is 0.394 e. The van der Waals surface area contributed by atoms with Gasteiger partial charge in [-0.1, -0.05) is 88.4 Å². The van der Waals surface area contributed by atoms with Crippen LogP contribution in [0.5, 0.6) is 0 Å². The second-order valence-electron chi connectivity index (χ2n) is 22.5. The van der Waals surface area contributed by atoms with Crippen molar-refractivity contribution < 1.29 is 67.4 Å². The number of aliphatic hydroxyl groups excluding tert-OH is 1. The molecule has 2 fully saturated rings. The molecule has 11 atom stereocenters. The Hall–Kier alpha value is -8.29. The SMILES string of the molecule is CC(C)C[C@@H]1NC(=O)CNC(=O)[C@H](Cc2ccccc2)N(C)C(=O)[C@H](C)NC(=O)[C@H](C)NC(=O)C[C@@H](C(=O)N(C)[C@@H](C)C(=O)N[C@@H](CO)C(=O)NCC(N)=O)NC(=O)[C@H](Cc2ccccc2)NC(=O)[C@]2(C(C)C)C[C@@H]2CCC(=O)[C@H](C)NC1=O. The van der Waals surface area contributed by atoms with Gasteiger partial charge in [-0.05, 0) is 75.8 Å². The van der Waals surface area contributed by atoms with E-state index in [4.69, 9.17) is 5.73 Å². The first-order valence-corrected chi connectivity index (χ1v) is 28.2. The summed E-state index contributed by atoms with van der Waals surface area (Å²) >= 11 is 0. The van der Waals surface area contributed by atoms with E-state index in [0.717, 1.165) is 9.80 Å². The van der Waals surface area contributed by atoms with E-state index in [9.17, 15) is 67.4 Å². The van der Waals surface area contributed by atoms with Crippen LogP contribution in [0.2, 0.25) is 0 Å². The molecule has 0 bridgehead atoms. The minimum absolute atomic E-state index is 0.0274. The fraction of sp³-hybridized carbons (Fsp3) is 0.569. The van der Waals surface area contributed by atoms with Crippen LogP contribution in [-0.2, 0) is 75.2 Å². The van der Waals surface area contributed by atoms with Crippen LogP contribution in [0.1, 0.15) is 98.6 Å². The number of ketones is 1. The van der Waals surface area contributed by atoms with Gasteiger partial charge in [-0.2, -0.15) is 0 Å². The Morgan fingerprint density at radius 1 is 0.714 bits per heavy atom. The summed E-state index contributed by atoms with van der Waals surface area (Å²) < 4.78 is 0. The fourth-order valence-corrected chi connectivity index (χ4v) is 9.99. The van der Waals surface area contributed by atoms with Crippen molar-refractivity contribution in [3.8, 4) is 0 Å². The summed E-state index contributed by atoms with van der Waals surface area (Å²) in [5, 5.41) is 32.7. The van der Waals surface area contributed by atoms with Crippen molar-refractivity contribution in [3.05, 3.63) is 71.8 Å². The third-order valence-electron chi connectivity index (χ3n) is 15.3. The number of hydrogen-bond acceptors (Lipinski definition) is 14. The molecule has 4 rings (SSSR count). The van der Waals surface area contributed by atoms with Crippen molar-refractivity contribution in [2.45, 2.75) is 155 Å². The number of nitrogens with one attached hydrogen (secondary N) is 9. The minimum atomic E-state index is -1.81. The number of primary amides is 1. The van der Waals surface area contributed by atoms with Crippen molar-refractivity contribution >= 4 is 76.7 Å². The number of likely N-dealkylation sites (N-methyl/N-ethyl adjacent to an activating group) is 2. The topological polar surface area (TPSA) is 383 Å². The van der Waals surface area contributed by atoms with Gasteiger partial charge in [0.15, 0.2) is 5.78 Å². The van der Waals surface area contributed by atoms with Crippen LogP contribution in [0.3, 0.4) is 0 Å². The van der Waals surface area contributed by atoms with Gasteiger partial charge in [0, 0.05) is 33.4 Å². The van der Waals surface area contributed by atoms with E-state index >= 15 is 0 Å². The number of rotatable bonds is 15. The third kappa shape index (κ3) is 19.4. The smallest absolute Gasteiger partial charge is 0.246 e. The molecular formula is C58H84N12O14. The zero-order chi connectivity index (χ0) is 62.7. The molecule has 2 aliphatic rings. The summed E-state index contributed by atoms with van der Waals surface area (Å²) in [6, 6.07) is 4.90. The fourth-order valence-electron chi connectivity index (χ4n) is 9.99.